The Morgan fingerprint density at radius 2 is 1.95 bits per heavy atom. The molecule has 21 heavy (non-hydrogen) atoms. The second-order valence-corrected chi connectivity index (χ2v) is 5.91. The van der Waals surface area contributed by atoms with Crippen LogP contribution in [0.5, 0.6) is 0 Å². The highest BCUT2D eigenvalue weighted by atomic mass is 16.5. The number of benzene rings is 1. The molecule has 4 rings (SSSR count). The third-order valence-corrected chi connectivity index (χ3v) is 4.69. The van der Waals surface area contributed by atoms with E-state index in [-0.39, 0.29) is 18.4 Å². The van der Waals surface area contributed by atoms with Crippen molar-refractivity contribution in [2.75, 3.05) is 11.5 Å². The Morgan fingerprint density at radius 1 is 1.24 bits per heavy atom. The summed E-state index contributed by atoms with van der Waals surface area (Å²) in [6.07, 6.45) is 3.10. The van der Waals surface area contributed by atoms with Crippen LogP contribution < -0.4 is 4.90 Å². The number of carbonyl (C=O) groups excluding carboxylic acids is 2. The quantitative estimate of drug-likeness (QED) is 0.645. The number of fused-ring (bicyclic) bond motifs is 5. The van der Waals surface area contributed by atoms with Crippen LogP contribution in [-0.4, -0.2) is 35.2 Å². The first-order chi connectivity index (χ1) is 10.1. The summed E-state index contributed by atoms with van der Waals surface area (Å²) in [5.41, 5.74) is 0.619. The fourth-order valence-electron chi connectivity index (χ4n) is 3.63. The molecule has 1 N–H and O–H groups in total. The summed E-state index contributed by atoms with van der Waals surface area (Å²) in [5, 5.41) is 9.63. The van der Waals surface area contributed by atoms with Gasteiger partial charge in [-0.05, 0) is 19.1 Å². The number of carbonyl (C=O) groups is 2. The van der Waals surface area contributed by atoms with Crippen molar-refractivity contribution < 1.29 is 19.4 Å². The number of ether oxygens (including phenoxy) is 1. The molecular weight excluding hydrogens is 270 g/mol. The van der Waals surface area contributed by atoms with E-state index in [4.69, 9.17) is 4.74 Å². The van der Waals surface area contributed by atoms with Gasteiger partial charge in [-0.2, -0.15) is 0 Å². The lowest BCUT2D eigenvalue weighted by Crippen LogP contribution is -2.43. The van der Waals surface area contributed by atoms with E-state index in [1.54, 1.807) is 24.3 Å². The Labute approximate surface area is 121 Å². The summed E-state index contributed by atoms with van der Waals surface area (Å²) >= 11 is 0. The molecule has 3 aliphatic heterocycles. The molecule has 4 atom stereocenters. The monoisotopic (exact) mass is 285 g/mol. The summed E-state index contributed by atoms with van der Waals surface area (Å²) in [6.45, 7) is 1.66. The van der Waals surface area contributed by atoms with Crippen LogP contribution in [0.1, 0.15) is 5.56 Å². The van der Waals surface area contributed by atoms with E-state index in [0.717, 1.165) is 5.56 Å². The van der Waals surface area contributed by atoms with E-state index in [9.17, 15) is 14.7 Å². The smallest absolute Gasteiger partial charge is 0.241 e. The van der Waals surface area contributed by atoms with Crippen molar-refractivity contribution in [3.8, 4) is 0 Å². The summed E-state index contributed by atoms with van der Waals surface area (Å²) in [6, 6.07) is 7.28. The number of aryl methyl sites for hydroxylation is 1. The van der Waals surface area contributed by atoms with Crippen LogP contribution in [0.15, 0.2) is 36.4 Å². The minimum absolute atomic E-state index is 0.237. The standard InChI is InChI=1S/C16H15NO4/c1-9-2-4-10(5-3-9)17-14(19)12-11-6-7-16(8-18,21-11)13(12)15(17)20/h2-7,11-13,18H,8H2,1H3/t11-,12+,13-,16+/m1/s1. The van der Waals surface area contributed by atoms with Crippen molar-refractivity contribution in [1.82, 2.24) is 0 Å². The number of nitrogens with zero attached hydrogens (tertiary/aromatic N) is 1. The molecule has 1 aromatic carbocycles. The maximum absolute atomic E-state index is 12.7. The fourth-order valence-corrected chi connectivity index (χ4v) is 3.63. The first-order valence-corrected chi connectivity index (χ1v) is 7.00. The lowest BCUT2D eigenvalue weighted by Gasteiger charge is -2.26. The Bertz CT molecular complexity index is 665. The van der Waals surface area contributed by atoms with Gasteiger partial charge in [0.05, 0.1) is 30.2 Å². The van der Waals surface area contributed by atoms with Crippen LogP contribution in [0.4, 0.5) is 5.69 Å². The van der Waals surface area contributed by atoms with Crippen molar-refractivity contribution in [3.63, 3.8) is 0 Å². The number of imide groups is 1. The van der Waals surface area contributed by atoms with Crippen molar-refractivity contribution in [2.24, 2.45) is 11.8 Å². The van der Waals surface area contributed by atoms with Gasteiger partial charge in [0, 0.05) is 0 Å². The van der Waals surface area contributed by atoms with Crippen LogP contribution in [0.2, 0.25) is 0 Å². The second-order valence-electron chi connectivity index (χ2n) is 5.91. The minimum Gasteiger partial charge on any atom is -0.393 e. The van der Waals surface area contributed by atoms with E-state index in [0.29, 0.717) is 5.69 Å². The largest absolute Gasteiger partial charge is 0.393 e. The molecule has 108 valence electrons. The Balaban J connectivity index is 1.77. The fraction of sp³-hybridized carbons (Fsp3) is 0.375. The molecule has 2 fully saturated rings. The third kappa shape index (κ3) is 1.47. The minimum atomic E-state index is -1.03. The van der Waals surface area contributed by atoms with E-state index in [2.05, 4.69) is 0 Å². The zero-order valence-electron chi connectivity index (χ0n) is 11.5. The first kappa shape index (κ1) is 12.7. The van der Waals surface area contributed by atoms with Gasteiger partial charge in [-0.25, -0.2) is 4.90 Å². The molecule has 5 heteroatoms. The van der Waals surface area contributed by atoms with Crippen molar-refractivity contribution in [1.29, 1.82) is 0 Å². The molecule has 2 saturated heterocycles. The van der Waals surface area contributed by atoms with Gasteiger partial charge in [0.1, 0.15) is 5.60 Å². The number of aliphatic hydroxyl groups is 1. The molecule has 3 aliphatic rings. The van der Waals surface area contributed by atoms with Gasteiger partial charge in [0.15, 0.2) is 0 Å². The van der Waals surface area contributed by atoms with Gasteiger partial charge in [-0.15, -0.1) is 0 Å². The zero-order valence-corrected chi connectivity index (χ0v) is 11.5. The SMILES string of the molecule is Cc1ccc(N2C(=O)[C@H]3[C@H]4C=C[C@@](CO)(O4)[C@H]3C2=O)cc1. The number of hydrogen-bond acceptors (Lipinski definition) is 4. The highest BCUT2D eigenvalue weighted by Gasteiger charge is 2.67. The number of rotatable bonds is 2. The summed E-state index contributed by atoms with van der Waals surface area (Å²) in [4.78, 5) is 26.6. The highest BCUT2D eigenvalue weighted by molar-refractivity contribution is 6.23. The molecule has 2 amide bonds. The normalized spacial score (nSPS) is 36.7. The first-order valence-electron chi connectivity index (χ1n) is 7.00. The van der Waals surface area contributed by atoms with E-state index in [1.165, 1.54) is 4.90 Å². The van der Waals surface area contributed by atoms with Gasteiger partial charge in [-0.1, -0.05) is 29.8 Å². The summed E-state index contributed by atoms with van der Waals surface area (Å²) < 4.78 is 5.69. The average Bonchev–Trinajstić information content (AvgIpc) is 3.12. The van der Waals surface area contributed by atoms with Gasteiger partial charge >= 0.3 is 0 Å². The van der Waals surface area contributed by atoms with Gasteiger partial charge in [0.2, 0.25) is 11.8 Å². The topological polar surface area (TPSA) is 66.8 Å². The van der Waals surface area contributed by atoms with Gasteiger partial charge in [-0.3, -0.25) is 9.59 Å². The maximum atomic E-state index is 12.7. The number of amides is 2. The number of anilines is 1. The Hall–Kier alpha value is -1.98. The van der Waals surface area contributed by atoms with Crippen LogP contribution >= 0.6 is 0 Å². The molecule has 0 spiro atoms. The molecular formula is C16H15NO4. The number of aliphatic hydroxyl groups excluding tert-OH is 1. The molecule has 0 aromatic heterocycles. The maximum Gasteiger partial charge on any atom is 0.241 e. The zero-order chi connectivity index (χ0) is 14.8. The second kappa shape index (κ2) is 4.02. The van der Waals surface area contributed by atoms with E-state index >= 15 is 0 Å². The Kier molecular flexibility index (Phi) is 2.44. The van der Waals surface area contributed by atoms with E-state index in [1.807, 2.05) is 19.1 Å². The molecule has 0 radical (unpaired) electrons. The molecule has 1 aromatic rings. The predicted molar refractivity (Wildman–Crippen MR) is 74.5 cm³/mol. The molecule has 0 unspecified atom stereocenters. The van der Waals surface area contributed by atoms with Crippen molar-refractivity contribution in [2.45, 2.75) is 18.6 Å². The molecule has 0 saturated carbocycles. The lowest BCUT2D eigenvalue weighted by molar-refractivity contribution is -0.128. The van der Waals surface area contributed by atoms with Crippen LogP contribution in [0.3, 0.4) is 0 Å². The molecule has 0 aliphatic carbocycles. The van der Waals surface area contributed by atoms with Gasteiger partial charge in [0.25, 0.3) is 0 Å². The average molecular weight is 285 g/mol. The third-order valence-electron chi connectivity index (χ3n) is 4.69. The highest BCUT2D eigenvalue weighted by Crippen LogP contribution is 2.52. The van der Waals surface area contributed by atoms with Gasteiger partial charge < -0.3 is 9.84 Å². The molecule has 5 nitrogen and oxygen atoms in total. The number of hydrogen-bond donors (Lipinski definition) is 1. The van der Waals surface area contributed by atoms with Crippen molar-refractivity contribution >= 4 is 17.5 Å². The van der Waals surface area contributed by atoms with Crippen LogP contribution in [0, 0.1) is 18.8 Å². The van der Waals surface area contributed by atoms with E-state index < -0.39 is 23.5 Å². The molecule has 3 heterocycles. The predicted octanol–water partition coefficient (Wildman–Crippen LogP) is 0.800. The summed E-state index contributed by atoms with van der Waals surface area (Å²) in [5.74, 6) is -1.66. The van der Waals surface area contributed by atoms with Crippen molar-refractivity contribution in [3.05, 3.63) is 42.0 Å². The molecule has 2 bridgehead atoms. The summed E-state index contributed by atoms with van der Waals surface area (Å²) in [7, 11) is 0. The lowest BCUT2D eigenvalue weighted by atomic mass is 9.77. The Morgan fingerprint density at radius 3 is 2.62 bits per heavy atom. The van der Waals surface area contributed by atoms with Crippen LogP contribution in [-0.2, 0) is 14.3 Å². The van der Waals surface area contributed by atoms with Crippen LogP contribution in [0.25, 0.3) is 0 Å².